The van der Waals surface area contributed by atoms with Crippen LogP contribution in [0.1, 0.15) is 22.3 Å². The number of ether oxygens (including phenoxy) is 1. The van der Waals surface area contributed by atoms with Gasteiger partial charge in [0.05, 0.1) is 0 Å². The van der Waals surface area contributed by atoms with Crippen molar-refractivity contribution in [3.8, 4) is 11.5 Å². The molecule has 1 nitrogen and oxygen atoms in total. The number of benzene rings is 6. The van der Waals surface area contributed by atoms with Crippen LogP contribution < -0.4 is 4.74 Å². The minimum absolute atomic E-state index is 0.835. The van der Waals surface area contributed by atoms with Gasteiger partial charge in [-0.3, -0.25) is 0 Å². The molecule has 0 bridgehead atoms. The normalized spacial score (nSPS) is 11.6. The van der Waals surface area contributed by atoms with Crippen LogP contribution in [0.3, 0.4) is 0 Å². The van der Waals surface area contributed by atoms with Crippen molar-refractivity contribution >= 4 is 45.8 Å². The van der Waals surface area contributed by atoms with Crippen molar-refractivity contribution in [2.45, 2.75) is 0 Å². The Hall–Kier alpha value is -4.88. The van der Waals surface area contributed by atoms with Gasteiger partial charge in [-0.2, -0.15) is 0 Å². The zero-order valence-corrected chi connectivity index (χ0v) is 20.4. The van der Waals surface area contributed by atoms with E-state index >= 15 is 0 Å². The van der Waals surface area contributed by atoms with Crippen LogP contribution >= 0.6 is 0 Å². The van der Waals surface area contributed by atoms with Gasteiger partial charge in [-0.25, -0.2) is 0 Å². The first-order valence-corrected chi connectivity index (χ1v) is 12.5. The second-order valence-corrected chi connectivity index (χ2v) is 9.13. The van der Waals surface area contributed by atoms with Crippen LogP contribution in [0.2, 0.25) is 0 Å². The molecule has 0 aliphatic heterocycles. The van der Waals surface area contributed by atoms with E-state index in [4.69, 9.17) is 4.74 Å². The number of hydrogen-bond donors (Lipinski definition) is 0. The van der Waals surface area contributed by atoms with Crippen molar-refractivity contribution < 1.29 is 4.74 Å². The highest BCUT2D eigenvalue weighted by molar-refractivity contribution is 5.88. The van der Waals surface area contributed by atoms with Gasteiger partial charge in [-0.15, -0.1) is 0 Å². The predicted octanol–water partition coefficient (Wildman–Crippen LogP) is 10.1. The Morgan fingerprint density at radius 2 is 0.703 bits per heavy atom. The average molecular weight is 475 g/mol. The Morgan fingerprint density at radius 1 is 0.324 bits per heavy atom. The summed E-state index contributed by atoms with van der Waals surface area (Å²) in [6.45, 7) is 0. The SMILES string of the molecule is C(=Cc1ccc2cc(Oc3ccc4cc(C=Cc5ccccc5)ccc4c3)ccc2c1)c1ccccc1. The molecule has 0 spiro atoms. The molecule has 0 aromatic heterocycles. The molecule has 0 N–H and O–H groups in total. The van der Waals surface area contributed by atoms with Gasteiger partial charge in [0.15, 0.2) is 0 Å². The highest BCUT2D eigenvalue weighted by atomic mass is 16.5. The van der Waals surface area contributed by atoms with Crippen molar-refractivity contribution in [2.75, 3.05) is 0 Å². The first kappa shape index (κ1) is 22.6. The largest absolute Gasteiger partial charge is 0.457 e. The molecule has 0 saturated carbocycles. The Labute approximate surface area is 217 Å². The molecule has 0 atom stereocenters. The number of fused-ring (bicyclic) bond motifs is 2. The lowest BCUT2D eigenvalue weighted by molar-refractivity contribution is 0.484. The minimum Gasteiger partial charge on any atom is -0.457 e. The lowest BCUT2D eigenvalue weighted by atomic mass is 10.0. The molecular weight excluding hydrogens is 448 g/mol. The molecule has 6 aromatic rings. The predicted molar refractivity (Wildman–Crippen MR) is 159 cm³/mol. The zero-order chi connectivity index (χ0) is 24.9. The smallest absolute Gasteiger partial charge is 0.128 e. The summed E-state index contributed by atoms with van der Waals surface area (Å²) in [5.41, 5.74) is 4.75. The number of rotatable bonds is 6. The average Bonchev–Trinajstić information content (AvgIpc) is 2.96. The highest BCUT2D eigenvalue weighted by Crippen LogP contribution is 2.29. The van der Waals surface area contributed by atoms with Crippen molar-refractivity contribution in [3.63, 3.8) is 0 Å². The summed E-state index contributed by atoms with van der Waals surface area (Å²) in [7, 11) is 0. The van der Waals surface area contributed by atoms with E-state index in [1.165, 1.54) is 33.0 Å². The Kier molecular flexibility index (Phi) is 6.34. The molecule has 0 aliphatic rings. The van der Waals surface area contributed by atoms with Crippen LogP contribution in [0.15, 0.2) is 133 Å². The van der Waals surface area contributed by atoms with Crippen molar-refractivity contribution in [1.29, 1.82) is 0 Å². The highest BCUT2D eigenvalue weighted by Gasteiger charge is 2.03. The Morgan fingerprint density at radius 3 is 1.16 bits per heavy atom. The van der Waals surface area contributed by atoms with Crippen LogP contribution in [-0.2, 0) is 0 Å². The summed E-state index contributed by atoms with van der Waals surface area (Å²) >= 11 is 0. The summed E-state index contributed by atoms with van der Waals surface area (Å²) in [5, 5.41) is 4.70. The maximum absolute atomic E-state index is 6.24. The van der Waals surface area contributed by atoms with Crippen LogP contribution in [0, 0.1) is 0 Å². The lowest BCUT2D eigenvalue weighted by Gasteiger charge is -2.09. The summed E-state index contributed by atoms with van der Waals surface area (Å²) < 4.78 is 6.24. The van der Waals surface area contributed by atoms with Gasteiger partial charge in [0, 0.05) is 0 Å². The topological polar surface area (TPSA) is 9.23 Å². The summed E-state index contributed by atoms with van der Waals surface area (Å²) in [4.78, 5) is 0. The monoisotopic (exact) mass is 474 g/mol. The molecule has 37 heavy (non-hydrogen) atoms. The third-order valence-electron chi connectivity index (χ3n) is 6.44. The molecule has 176 valence electrons. The standard InChI is InChI=1S/C36H26O/c1-3-7-27(8-4-1)11-13-29-15-17-33-25-35(21-19-31(33)23-29)37-36-22-20-32-24-30(16-18-34(32)26-36)14-12-28-9-5-2-6-10-28/h1-26H. The van der Waals surface area contributed by atoms with E-state index in [1.807, 2.05) is 24.3 Å². The van der Waals surface area contributed by atoms with Gasteiger partial charge in [-0.1, -0.05) is 121 Å². The van der Waals surface area contributed by atoms with E-state index in [0.29, 0.717) is 0 Å². The van der Waals surface area contributed by atoms with Gasteiger partial charge in [-0.05, 0) is 80.2 Å². The minimum atomic E-state index is 0.835. The van der Waals surface area contributed by atoms with Crippen molar-refractivity contribution in [2.24, 2.45) is 0 Å². The van der Waals surface area contributed by atoms with E-state index in [9.17, 15) is 0 Å². The quantitative estimate of drug-likeness (QED) is 0.218. The second kappa shape index (κ2) is 10.4. The van der Waals surface area contributed by atoms with Gasteiger partial charge in [0.2, 0.25) is 0 Å². The molecule has 0 unspecified atom stereocenters. The first-order valence-electron chi connectivity index (χ1n) is 12.5. The molecule has 0 radical (unpaired) electrons. The fraction of sp³-hybridized carbons (Fsp3) is 0. The van der Waals surface area contributed by atoms with Crippen LogP contribution in [-0.4, -0.2) is 0 Å². The van der Waals surface area contributed by atoms with Crippen molar-refractivity contribution in [1.82, 2.24) is 0 Å². The molecule has 0 amide bonds. The first-order chi connectivity index (χ1) is 18.3. The molecule has 0 aliphatic carbocycles. The molecule has 6 rings (SSSR count). The van der Waals surface area contributed by atoms with Gasteiger partial charge >= 0.3 is 0 Å². The van der Waals surface area contributed by atoms with E-state index in [2.05, 4.69) is 133 Å². The second-order valence-electron chi connectivity index (χ2n) is 9.13. The zero-order valence-electron chi connectivity index (χ0n) is 20.4. The molecule has 0 saturated heterocycles. The van der Waals surface area contributed by atoms with Gasteiger partial charge in [0.25, 0.3) is 0 Å². The molecule has 0 heterocycles. The van der Waals surface area contributed by atoms with Crippen LogP contribution in [0.25, 0.3) is 45.8 Å². The van der Waals surface area contributed by atoms with Crippen LogP contribution in [0.5, 0.6) is 11.5 Å². The van der Waals surface area contributed by atoms with Crippen LogP contribution in [0.4, 0.5) is 0 Å². The molecule has 1 heteroatoms. The summed E-state index contributed by atoms with van der Waals surface area (Å²) in [6.07, 6.45) is 8.58. The third kappa shape index (κ3) is 5.52. The molecule has 0 fully saturated rings. The Bertz CT molecular complexity index is 1600. The van der Waals surface area contributed by atoms with E-state index in [0.717, 1.165) is 22.3 Å². The van der Waals surface area contributed by atoms with Gasteiger partial charge in [0.1, 0.15) is 11.5 Å². The maximum atomic E-state index is 6.24. The fourth-order valence-electron chi connectivity index (χ4n) is 4.47. The Balaban J connectivity index is 1.18. The van der Waals surface area contributed by atoms with Crippen molar-refractivity contribution in [3.05, 3.63) is 156 Å². The third-order valence-corrected chi connectivity index (χ3v) is 6.44. The summed E-state index contributed by atoms with van der Waals surface area (Å²) in [6, 6.07) is 46.2. The molecular formula is C36H26O. The molecule has 6 aromatic carbocycles. The van der Waals surface area contributed by atoms with E-state index < -0.39 is 0 Å². The van der Waals surface area contributed by atoms with Gasteiger partial charge < -0.3 is 4.74 Å². The van der Waals surface area contributed by atoms with E-state index in [-0.39, 0.29) is 0 Å². The summed E-state index contributed by atoms with van der Waals surface area (Å²) in [5.74, 6) is 1.67. The fourth-order valence-corrected chi connectivity index (χ4v) is 4.47. The lowest BCUT2D eigenvalue weighted by Crippen LogP contribution is -1.86. The number of hydrogen-bond acceptors (Lipinski definition) is 1. The maximum Gasteiger partial charge on any atom is 0.128 e. The van der Waals surface area contributed by atoms with E-state index in [1.54, 1.807) is 0 Å².